The van der Waals surface area contributed by atoms with Gasteiger partial charge in [-0.05, 0) is 32.9 Å². The van der Waals surface area contributed by atoms with Gasteiger partial charge in [-0.3, -0.25) is 4.79 Å². The van der Waals surface area contributed by atoms with Crippen molar-refractivity contribution in [1.29, 1.82) is 0 Å². The second-order valence-corrected chi connectivity index (χ2v) is 5.48. The number of carbonyl (C=O) groups is 1. The second kappa shape index (κ2) is 8.72. The SMILES string of the molecule is CC(C)N(C)CCNC(=O)CCC(N)c1ccccc1. The zero-order valence-corrected chi connectivity index (χ0v) is 12.8. The first-order valence-electron chi connectivity index (χ1n) is 7.28. The molecule has 1 aromatic rings. The lowest BCUT2D eigenvalue weighted by Crippen LogP contribution is -2.36. The monoisotopic (exact) mass is 277 g/mol. The minimum Gasteiger partial charge on any atom is -0.355 e. The molecule has 4 heteroatoms. The maximum absolute atomic E-state index is 11.7. The topological polar surface area (TPSA) is 58.4 Å². The van der Waals surface area contributed by atoms with E-state index in [1.54, 1.807) is 0 Å². The Kier molecular flexibility index (Phi) is 7.26. The summed E-state index contributed by atoms with van der Waals surface area (Å²) in [6, 6.07) is 10.3. The molecule has 0 heterocycles. The Morgan fingerprint density at radius 2 is 1.95 bits per heavy atom. The maximum atomic E-state index is 11.7. The fraction of sp³-hybridized carbons (Fsp3) is 0.562. The Labute approximate surface area is 122 Å². The highest BCUT2D eigenvalue weighted by atomic mass is 16.1. The fourth-order valence-corrected chi connectivity index (χ4v) is 1.87. The molecule has 0 bridgehead atoms. The van der Waals surface area contributed by atoms with Crippen LogP contribution in [0.2, 0.25) is 0 Å². The Hall–Kier alpha value is -1.39. The van der Waals surface area contributed by atoms with E-state index in [0.29, 0.717) is 25.4 Å². The number of hydrogen-bond donors (Lipinski definition) is 2. The summed E-state index contributed by atoms with van der Waals surface area (Å²) >= 11 is 0. The van der Waals surface area contributed by atoms with Crippen LogP contribution in [-0.4, -0.2) is 37.0 Å². The van der Waals surface area contributed by atoms with Crippen molar-refractivity contribution in [2.45, 2.75) is 38.8 Å². The van der Waals surface area contributed by atoms with E-state index in [4.69, 9.17) is 5.73 Å². The predicted octanol–water partition coefficient (Wildman–Crippen LogP) is 1.92. The molecule has 0 fully saturated rings. The molecule has 0 radical (unpaired) electrons. The molecular weight excluding hydrogens is 250 g/mol. The van der Waals surface area contributed by atoms with Gasteiger partial charge in [0.2, 0.25) is 5.91 Å². The number of likely N-dealkylation sites (N-methyl/N-ethyl adjacent to an activating group) is 1. The molecular formula is C16H27N3O. The van der Waals surface area contributed by atoms with Crippen LogP contribution in [0.15, 0.2) is 30.3 Å². The summed E-state index contributed by atoms with van der Waals surface area (Å²) < 4.78 is 0. The molecule has 1 unspecified atom stereocenters. The number of benzene rings is 1. The summed E-state index contributed by atoms with van der Waals surface area (Å²) in [6.45, 7) is 5.84. The number of amides is 1. The van der Waals surface area contributed by atoms with Crippen LogP contribution in [0.25, 0.3) is 0 Å². The van der Waals surface area contributed by atoms with E-state index in [2.05, 4.69) is 31.1 Å². The summed E-state index contributed by atoms with van der Waals surface area (Å²) in [6.07, 6.45) is 1.15. The van der Waals surface area contributed by atoms with Gasteiger partial charge in [-0.15, -0.1) is 0 Å². The van der Waals surface area contributed by atoms with E-state index in [1.165, 1.54) is 0 Å². The zero-order valence-electron chi connectivity index (χ0n) is 12.8. The summed E-state index contributed by atoms with van der Waals surface area (Å²) in [5.74, 6) is 0.0773. The average Bonchev–Trinajstić information content (AvgIpc) is 2.45. The highest BCUT2D eigenvalue weighted by molar-refractivity contribution is 5.75. The van der Waals surface area contributed by atoms with Crippen LogP contribution < -0.4 is 11.1 Å². The smallest absolute Gasteiger partial charge is 0.220 e. The molecule has 0 aromatic heterocycles. The van der Waals surface area contributed by atoms with E-state index in [1.807, 2.05) is 30.3 Å². The largest absolute Gasteiger partial charge is 0.355 e. The van der Waals surface area contributed by atoms with Crippen molar-refractivity contribution in [3.05, 3.63) is 35.9 Å². The predicted molar refractivity (Wildman–Crippen MR) is 83.4 cm³/mol. The van der Waals surface area contributed by atoms with Crippen LogP contribution in [0.4, 0.5) is 0 Å². The van der Waals surface area contributed by atoms with Gasteiger partial charge in [-0.1, -0.05) is 30.3 Å². The van der Waals surface area contributed by atoms with Gasteiger partial charge in [0.05, 0.1) is 0 Å². The average molecular weight is 277 g/mol. The van der Waals surface area contributed by atoms with E-state index >= 15 is 0 Å². The number of nitrogens with one attached hydrogen (secondary N) is 1. The van der Waals surface area contributed by atoms with Crippen molar-refractivity contribution in [3.63, 3.8) is 0 Å². The van der Waals surface area contributed by atoms with Crippen LogP contribution >= 0.6 is 0 Å². The Bertz CT molecular complexity index is 392. The number of carbonyl (C=O) groups excluding carboxylic acids is 1. The van der Waals surface area contributed by atoms with Gasteiger partial charge in [-0.25, -0.2) is 0 Å². The normalized spacial score (nSPS) is 12.7. The van der Waals surface area contributed by atoms with Crippen molar-refractivity contribution in [3.8, 4) is 0 Å². The molecule has 0 aliphatic heterocycles. The molecule has 0 aliphatic rings. The van der Waals surface area contributed by atoms with Crippen LogP contribution in [0, 0.1) is 0 Å². The molecule has 3 N–H and O–H groups in total. The first kappa shape index (κ1) is 16.7. The van der Waals surface area contributed by atoms with Gasteiger partial charge in [0, 0.05) is 31.6 Å². The summed E-state index contributed by atoms with van der Waals surface area (Å²) in [7, 11) is 2.06. The third kappa shape index (κ3) is 6.17. The summed E-state index contributed by atoms with van der Waals surface area (Å²) in [5.41, 5.74) is 7.15. The summed E-state index contributed by atoms with van der Waals surface area (Å²) in [5, 5.41) is 2.94. The van der Waals surface area contributed by atoms with Crippen molar-refractivity contribution in [2.75, 3.05) is 20.1 Å². The molecule has 0 saturated heterocycles. The van der Waals surface area contributed by atoms with Crippen LogP contribution in [0.3, 0.4) is 0 Å². The van der Waals surface area contributed by atoms with Gasteiger partial charge in [0.25, 0.3) is 0 Å². The lowest BCUT2D eigenvalue weighted by molar-refractivity contribution is -0.121. The number of nitrogens with zero attached hydrogens (tertiary/aromatic N) is 1. The molecule has 1 aromatic carbocycles. The number of rotatable bonds is 8. The van der Waals surface area contributed by atoms with Gasteiger partial charge < -0.3 is 16.0 Å². The molecule has 0 saturated carbocycles. The fourth-order valence-electron chi connectivity index (χ4n) is 1.87. The standard InChI is InChI=1S/C16H27N3O/c1-13(2)19(3)12-11-18-16(20)10-9-15(17)14-7-5-4-6-8-14/h4-8,13,15H,9-12,17H2,1-3H3,(H,18,20). The number of nitrogens with two attached hydrogens (primary N) is 1. The van der Waals surface area contributed by atoms with Gasteiger partial charge in [0.1, 0.15) is 0 Å². The number of hydrogen-bond acceptors (Lipinski definition) is 3. The van der Waals surface area contributed by atoms with E-state index in [-0.39, 0.29) is 11.9 Å². The van der Waals surface area contributed by atoms with Gasteiger partial charge >= 0.3 is 0 Å². The highest BCUT2D eigenvalue weighted by Gasteiger charge is 2.09. The summed E-state index contributed by atoms with van der Waals surface area (Å²) in [4.78, 5) is 13.9. The van der Waals surface area contributed by atoms with E-state index in [9.17, 15) is 4.79 Å². The first-order valence-corrected chi connectivity index (χ1v) is 7.28. The first-order chi connectivity index (χ1) is 9.50. The molecule has 20 heavy (non-hydrogen) atoms. The van der Waals surface area contributed by atoms with Crippen LogP contribution in [0.1, 0.15) is 38.3 Å². The van der Waals surface area contributed by atoms with Crippen molar-refractivity contribution >= 4 is 5.91 Å². The van der Waals surface area contributed by atoms with E-state index < -0.39 is 0 Å². The van der Waals surface area contributed by atoms with Gasteiger partial charge in [-0.2, -0.15) is 0 Å². The van der Waals surface area contributed by atoms with Crippen LogP contribution in [-0.2, 0) is 4.79 Å². The quantitative estimate of drug-likeness (QED) is 0.763. The van der Waals surface area contributed by atoms with Crippen molar-refractivity contribution in [1.82, 2.24) is 10.2 Å². The third-order valence-electron chi connectivity index (χ3n) is 3.58. The molecule has 1 atom stereocenters. The Balaban J connectivity index is 2.20. The van der Waals surface area contributed by atoms with Crippen LogP contribution in [0.5, 0.6) is 0 Å². The third-order valence-corrected chi connectivity index (χ3v) is 3.58. The van der Waals surface area contributed by atoms with E-state index in [0.717, 1.165) is 12.1 Å². The molecule has 112 valence electrons. The van der Waals surface area contributed by atoms with Crippen molar-refractivity contribution in [2.24, 2.45) is 5.73 Å². The minimum absolute atomic E-state index is 0.0692. The second-order valence-electron chi connectivity index (χ2n) is 5.48. The molecule has 0 spiro atoms. The highest BCUT2D eigenvalue weighted by Crippen LogP contribution is 2.14. The lowest BCUT2D eigenvalue weighted by atomic mass is 10.0. The molecule has 1 amide bonds. The van der Waals surface area contributed by atoms with Crippen molar-refractivity contribution < 1.29 is 4.79 Å². The Morgan fingerprint density at radius 3 is 2.55 bits per heavy atom. The Morgan fingerprint density at radius 1 is 1.30 bits per heavy atom. The minimum atomic E-state index is -0.0692. The van der Waals surface area contributed by atoms with Gasteiger partial charge in [0.15, 0.2) is 0 Å². The zero-order chi connectivity index (χ0) is 15.0. The maximum Gasteiger partial charge on any atom is 0.220 e. The molecule has 1 rings (SSSR count). The molecule has 0 aliphatic carbocycles. The lowest BCUT2D eigenvalue weighted by Gasteiger charge is -2.21. The molecule has 4 nitrogen and oxygen atoms in total.